The lowest BCUT2D eigenvalue weighted by atomic mass is 10.3. The Labute approximate surface area is 55.9 Å². The molecule has 0 radical (unpaired) electrons. The van der Waals surface area contributed by atoms with Gasteiger partial charge in [-0.05, 0) is 6.42 Å². The van der Waals surface area contributed by atoms with Gasteiger partial charge in [0.25, 0.3) is 0 Å². The highest BCUT2D eigenvalue weighted by molar-refractivity contribution is 4.47. The van der Waals surface area contributed by atoms with E-state index in [-0.39, 0.29) is 0 Å². The third-order valence-corrected chi connectivity index (χ3v) is 1.35. The van der Waals surface area contributed by atoms with Crippen molar-refractivity contribution in [3.8, 4) is 0 Å². The van der Waals surface area contributed by atoms with E-state index in [9.17, 15) is 0 Å². The number of unbranched alkanes of at least 4 members (excludes halogenated alkanes) is 1. The van der Waals surface area contributed by atoms with Crippen molar-refractivity contribution in [2.24, 2.45) is 0 Å². The average Bonchev–Trinajstić information content (AvgIpc) is 2.34. The topological polar surface area (TPSA) is 24.5 Å². The molecule has 1 aliphatic rings. The van der Waals surface area contributed by atoms with Gasteiger partial charge in [-0.3, -0.25) is 4.84 Å². The van der Waals surface area contributed by atoms with Crippen molar-refractivity contribution in [2.45, 2.75) is 19.8 Å². The number of nitrogens with zero attached hydrogens (tertiary/aromatic N) is 1. The van der Waals surface area contributed by atoms with E-state index in [1.807, 2.05) is 5.17 Å². The molecule has 1 rings (SSSR count). The van der Waals surface area contributed by atoms with Crippen LogP contribution in [0.15, 0.2) is 0 Å². The Kier molecular flexibility index (Phi) is 2.97. The van der Waals surface area contributed by atoms with Crippen LogP contribution in [0.2, 0.25) is 0 Å². The molecule has 0 spiro atoms. The lowest BCUT2D eigenvalue weighted by Gasteiger charge is -2.11. The molecule has 0 aliphatic carbocycles. The highest BCUT2D eigenvalue weighted by Gasteiger charge is 2.08. The van der Waals surface area contributed by atoms with Crippen LogP contribution < -0.4 is 5.43 Å². The molecule has 1 saturated heterocycles. The van der Waals surface area contributed by atoms with Gasteiger partial charge in [0, 0.05) is 13.1 Å². The monoisotopic (exact) mass is 130 g/mol. The van der Waals surface area contributed by atoms with E-state index in [2.05, 4.69) is 12.3 Å². The molecule has 0 aromatic rings. The first-order valence-electron chi connectivity index (χ1n) is 3.57. The van der Waals surface area contributed by atoms with Crippen LogP contribution in [-0.2, 0) is 4.84 Å². The maximum absolute atomic E-state index is 5.18. The van der Waals surface area contributed by atoms with Crippen LogP contribution in [0.4, 0.5) is 0 Å². The van der Waals surface area contributed by atoms with Gasteiger partial charge < -0.3 is 0 Å². The molecule has 0 atom stereocenters. The van der Waals surface area contributed by atoms with Gasteiger partial charge in [-0.25, -0.2) is 5.43 Å². The summed E-state index contributed by atoms with van der Waals surface area (Å²) < 4.78 is 0. The maximum Gasteiger partial charge on any atom is 0.0841 e. The maximum atomic E-state index is 5.18. The average molecular weight is 130 g/mol. The van der Waals surface area contributed by atoms with Crippen molar-refractivity contribution >= 4 is 0 Å². The normalized spacial score (nSPS) is 21.0. The van der Waals surface area contributed by atoms with Crippen LogP contribution in [0, 0.1) is 0 Å². The molecule has 54 valence electrons. The third kappa shape index (κ3) is 2.30. The Balaban J connectivity index is 1.98. The summed E-state index contributed by atoms with van der Waals surface area (Å²) in [5.74, 6) is 0. The van der Waals surface area contributed by atoms with E-state index in [1.54, 1.807) is 0 Å². The van der Waals surface area contributed by atoms with Gasteiger partial charge in [-0.15, -0.1) is 5.17 Å². The first kappa shape index (κ1) is 6.99. The number of hydrogen-bond donors (Lipinski definition) is 1. The summed E-state index contributed by atoms with van der Waals surface area (Å²) in [5.41, 5.74) is 3.10. The summed E-state index contributed by atoms with van der Waals surface area (Å²) in [4.78, 5) is 5.18. The number of hydrogen-bond acceptors (Lipinski definition) is 3. The lowest BCUT2D eigenvalue weighted by molar-refractivity contribution is -0.140. The molecule has 0 aromatic carbocycles. The molecule has 3 heteroatoms. The second-order valence-electron chi connectivity index (χ2n) is 2.20. The van der Waals surface area contributed by atoms with Gasteiger partial charge in [-0.2, -0.15) is 0 Å². The van der Waals surface area contributed by atoms with Crippen LogP contribution >= 0.6 is 0 Å². The number of hydroxylamine groups is 1. The van der Waals surface area contributed by atoms with Crippen LogP contribution in [0.25, 0.3) is 0 Å². The molecule has 0 aromatic heterocycles. The SMILES string of the molecule is CCCCN1NCCO1. The fourth-order valence-corrected chi connectivity index (χ4v) is 0.817. The van der Waals surface area contributed by atoms with E-state index in [0.717, 1.165) is 19.7 Å². The minimum atomic E-state index is 0.823. The molecule has 1 N–H and O–H groups in total. The number of nitrogens with one attached hydrogen (secondary N) is 1. The Morgan fingerprint density at radius 2 is 2.56 bits per heavy atom. The highest BCUT2D eigenvalue weighted by Crippen LogP contribution is 1.96. The van der Waals surface area contributed by atoms with Crippen molar-refractivity contribution in [3.05, 3.63) is 0 Å². The molecule has 1 fully saturated rings. The van der Waals surface area contributed by atoms with Gasteiger partial charge in [0.2, 0.25) is 0 Å². The summed E-state index contributed by atoms with van der Waals surface area (Å²) in [6.45, 7) is 4.97. The second-order valence-corrected chi connectivity index (χ2v) is 2.20. The predicted octanol–water partition coefficient (Wildman–Crippen LogP) is 0.538. The first-order chi connectivity index (χ1) is 4.43. The molecule has 3 nitrogen and oxygen atoms in total. The third-order valence-electron chi connectivity index (χ3n) is 1.35. The van der Waals surface area contributed by atoms with Crippen LogP contribution in [0.1, 0.15) is 19.8 Å². The zero-order chi connectivity index (χ0) is 6.53. The molecule has 0 saturated carbocycles. The van der Waals surface area contributed by atoms with Crippen LogP contribution in [0.5, 0.6) is 0 Å². The van der Waals surface area contributed by atoms with E-state index in [4.69, 9.17) is 4.84 Å². The van der Waals surface area contributed by atoms with Crippen molar-refractivity contribution in [1.29, 1.82) is 0 Å². The predicted molar refractivity (Wildman–Crippen MR) is 35.6 cm³/mol. The van der Waals surface area contributed by atoms with Gasteiger partial charge in [0.1, 0.15) is 0 Å². The minimum Gasteiger partial charge on any atom is -0.283 e. The summed E-state index contributed by atoms with van der Waals surface area (Å²) >= 11 is 0. The van der Waals surface area contributed by atoms with E-state index in [0.29, 0.717) is 0 Å². The van der Waals surface area contributed by atoms with Crippen molar-refractivity contribution in [1.82, 2.24) is 10.6 Å². The standard InChI is InChI=1S/C6H14N2O/c1-2-3-5-8-7-4-6-9-8/h7H,2-6H2,1H3. The van der Waals surface area contributed by atoms with Crippen molar-refractivity contribution < 1.29 is 4.84 Å². The van der Waals surface area contributed by atoms with E-state index < -0.39 is 0 Å². The van der Waals surface area contributed by atoms with Gasteiger partial charge in [0.15, 0.2) is 0 Å². The molecule has 0 amide bonds. The summed E-state index contributed by atoms with van der Waals surface area (Å²) in [6, 6.07) is 0. The molecule has 9 heavy (non-hydrogen) atoms. The Bertz CT molecular complexity index is 71.5. The van der Waals surface area contributed by atoms with Gasteiger partial charge in [-0.1, -0.05) is 13.3 Å². The zero-order valence-corrected chi connectivity index (χ0v) is 5.89. The minimum absolute atomic E-state index is 0.823. The van der Waals surface area contributed by atoms with E-state index in [1.165, 1.54) is 12.8 Å². The van der Waals surface area contributed by atoms with E-state index >= 15 is 0 Å². The fraction of sp³-hybridized carbons (Fsp3) is 1.00. The Morgan fingerprint density at radius 1 is 1.67 bits per heavy atom. The quantitative estimate of drug-likeness (QED) is 0.603. The number of rotatable bonds is 3. The smallest absolute Gasteiger partial charge is 0.0841 e. The lowest BCUT2D eigenvalue weighted by Crippen LogP contribution is -2.30. The highest BCUT2D eigenvalue weighted by atomic mass is 16.7. The second kappa shape index (κ2) is 3.82. The van der Waals surface area contributed by atoms with Gasteiger partial charge in [0.05, 0.1) is 6.61 Å². The van der Waals surface area contributed by atoms with Crippen LogP contribution in [-0.4, -0.2) is 24.9 Å². The molecule has 1 aliphatic heterocycles. The number of hydrazine groups is 1. The molecule has 0 unspecified atom stereocenters. The first-order valence-corrected chi connectivity index (χ1v) is 3.57. The van der Waals surface area contributed by atoms with Gasteiger partial charge >= 0.3 is 0 Å². The van der Waals surface area contributed by atoms with Crippen molar-refractivity contribution in [2.75, 3.05) is 19.7 Å². The largest absolute Gasteiger partial charge is 0.283 e. The van der Waals surface area contributed by atoms with Crippen LogP contribution in [0.3, 0.4) is 0 Å². The summed E-state index contributed by atoms with van der Waals surface area (Å²) in [7, 11) is 0. The molecular formula is C6H14N2O. The molecule has 1 heterocycles. The zero-order valence-electron chi connectivity index (χ0n) is 5.89. The fourth-order valence-electron chi connectivity index (χ4n) is 0.817. The van der Waals surface area contributed by atoms with Crippen molar-refractivity contribution in [3.63, 3.8) is 0 Å². The Morgan fingerprint density at radius 3 is 3.11 bits per heavy atom. The molecule has 0 bridgehead atoms. The Hall–Kier alpha value is -0.120. The molecular weight excluding hydrogens is 116 g/mol. The summed E-state index contributed by atoms with van der Waals surface area (Å²) in [5, 5.41) is 1.82. The summed E-state index contributed by atoms with van der Waals surface area (Å²) in [6.07, 6.45) is 2.43.